The van der Waals surface area contributed by atoms with Gasteiger partial charge in [-0.25, -0.2) is 8.42 Å². The van der Waals surface area contributed by atoms with E-state index in [9.17, 15) is 13.2 Å². The standard InChI is InChI=1S/C23H29N3O6S/c1-18-3-2-4-19(15-18)32-17-23(27)24-21-16-20(33(28,29)26-9-13-31-14-10-26)5-6-22(21)25-7-11-30-12-8-25/h2-6,15-16H,7-14,17H2,1H3,(H,24,27). The van der Waals surface area contributed by atoms with Gasteiger partial charge in [0.15, 0.2) is 6.61 Å². The summed E-state index contributed by atoms with van der Waals surface area (Å²) < 4.78 is 44.0. The summed E-state index contributed by atoms with van der Waals surface area (Å²) in [5.41, 5.74) is 2.22. The molecule has 178 valence electrons. The van der Waals surface area contributed by atoms with Crippen LogP contribution in [-0.2, 0) is 24.3 Å². The summed E-state index contributed by atoms with van der Waals surface area (Å²) in [5.74, 6) is 0.231. The van der Waals surface area contributed by atoms with Crippen molar-refractivity contribution in [1.29, 1.82) is 0 Å². The molecule has 2 aromatic rings. The second kappa shape index (κ2) is 10.5. The van der Waals surface area contributed by atoms with Gasteiger partial charge in [-0.3, -0.25) is 4.79 Å². The van der Waals surface area contributed by atoms with Gasteiger partial charge in [0.1, 0.15) is 5.75 Å². The fourth-order valence-corrected chi connectivity index (χ4v) is 5.27. The van der Waals surface area contributed by atoms with Crippen LogP contribution in [0.5, 0.6) is 5.75 Å². The van der Waals surface area contributed by atoms with Crippen LogP contribution in [0.2, 0.25) is 0 Å². The lowest BCUT2D eigenvalue weighted by molar-refractivity contribution is -0.118. The van der Waals surface area contributed by atoms with Gasteiger partial charge < -0.3 is 24.4 Å². The highest BCUT2D eigenvalue weighted by molar-refractivity contribution is 7.89. The number of amides is 1. The SMILES string of the molecule is Cc1cccc(OCC(=O)Nc2cc(S(=O)(=O)N3CCOCC3)ccc2N2CCOCC2)c1. The van der Waals surface area contributed by atoms with Crippen LogP contribution in [0.3, 0.4) is 0 Å². The maximum atomic E-state index is 13.2. The molecule has 33 heavy (non-hydrogen) atoms. The molecule has 10 heteroatoms. The number of morpholine rings is 2. The summed E-state index contributed by atoms with van der Waals surface area (Å²) in [7, 11) is -3.70. The van der Waals surface area contributed by atoms with E-state index in [2.05, 4.69) is 10.2 Å². The number of hydrogen-bond acceptors (Lipinski definition) is 7. The van der Waals surface area contributed by atoms with Gasteiger partial charge in [0, 0.05) is 26.2 Å². The first kappa shape index (κ1) is 23.5. The Labute approximate surface area is 194 Å². The molecule has 0 bridgehead atoms. The molecule has 2 aromatic carbocycles. The molecule has 2 heterocycles. The van der Waals surface area contributed by atoms with E-state index in [-0.39, 0.29) is 17.4 Å². The number of nitrogens with one attached hydrogen (secondary N) is 1. The number of carbonyl (C=O) groups excluding carboxylic acids is 1. The van der Waals surface area contributed by atoms with Crippen LogP contribution in [0.1, 0.15) is 5.56 Å². The molecule has 2 aliphatic rings. The summed E-state index contributed by atoms with van der Waals surface area (Å²) in [6.07, 6.45) is 0. The van der Waals surface area contributed by atoms with Crippen LogP contribution >= 0.6 is 0 Å². The van der Waals surface area contributed by atoms with Gasteiger partial charge in [0.25, 0.3) is 5.91 Å². The Bertz CT molecular complexity index is 1080. The minimum Gasteiger partial charge on any atom is -0.484 e. The normalized spacial score (nSPS) is 17.5. The van der Waals surface area contributed by atoms with Crippen molar-refractivity contribution < 1.29 is 27.4 Å². The molecule has 0 saturated carbocycles. The first-order valence-electron chi connectivity index (χ1n) is 11.0. The van der Waals surface area contributed by atoms with E-state index in [0.29, 0.717) is 64.0 Å². The molecule has 4 rings (SSSR count). The third-order valence-electron chi connectivity index (χ3n) is 5.56. The van der Waals surface area contributed by atoms with E-state index in [0.717, 1.165) is 11.3 Å². The largest absolute Gasteiger partial charge is 0.484 e. The zero-order valence-corrected chi connectivity index (χ0v) is 19.5. The smallest absolute Gasteiger partial charge is 0.262 e. The van der Waals surface area contributed by atoms with Crippen LogP contribution in [0.15, 0.2) is 47.4 Å². The Morgan fingerprint density at radius 2 is 1.70 bits per heavy atom. The first-order valence-corrected chi connectivity index (χ1v) is 12.4. The Hall–Kier alpha value is -2.66. The lowest BCUT2D eigenvalue weighted by atomic mass is 10.2. The molecule has 1 N–H and O–H groups in total. The van der Waals surface area contributed by atoms with Crippen molar-refractivity contribution in [3.8, 4) is 5.75 Å². The van der Waals surface area contributed by atoms with Crippen LogP contribution < -0.4 is 15.0 Å². The second-order valence-corrected chi connectivity index (χ2v) is 9.89. The number of anilines is 2. The van der Waals surface area contributed by atoms with Crippen molar-refractivity contribution in [3.05, 3.63) is 48.0 Å². The van der Waals surface area contributed by atoms with Gasteiger partial charge in [-0.2, -0.15) is 4.31 Å². The van der Waals surface area contributed by atoms with E-state index < -0.39 is 10.0 Å². The van der Waals surface area contributed by atoms with Gasteiger partial charge in [0.2, 0.25) is 10.0 Å². The van der Waals surface area contributed by atoms with Gasteiger partial charge in [-0.1, -0.05) is 12.1 Å². The summed E-state index contributed by atoms with van der Waals surface area (Å²) >= 11 is 0. The maximum Gasteiger partial charge on any atom is 0.262 e. The molecule has 0 radical (unpaired) electrons. The lowest BCUT2D eigenvalue weighted by Crippen LogP contribution is -2.40. The first-order chi connectivity index (χ1) is 15.9. The molecular formula is C23H29N3O6S. The van der Waals surface area contributed by atoms with Gasteiger partial charge in [-0.15, -0.1) is 0 Å². The highest BCUT2D eigenvalue weighted by Gasteiger charge is 2.28. The summed E-state index contributed by atoms with van der Waals surface area (Å²) in [4.78, 5) is 14.9. The predicted molar refractivity (Wildman–Crippen MR) is 124 cm³/mol. The molecule has 9 nitrogen and oxygen atoms in total. The summed E-state index contributed by atoms with van der Waals surface area (Å²) in [5, 5.41) is 2.85. The molecule has 0 unspecified atom stereocenters. The number of rotatable bonds is 7. The van der Waals surface area contributed by atoms with E-state index in [1.165, 1.54) is 10.4 Å². The number of nitrogens with zero attached hydrogens (tertiary/aromatic N) is 2. The molecule has 0 aliphatic carbocycles. The predicted octanol–water partition coefficient (Wildman–Crippen LogP) is 1.87. The van der Waals surface area contributed by atoms with Gasteiger partial charge in [-0.05, 0) is 42.8 Å². The molecular weight excluding hydrogens is 446 g/mol. The molecule has 1 amide bonds. The second-order valence-electron chi connectivity index (χ2n) is 7.95. The van der Waals surface area contributed by atoms with Crippen LogP contribution in [0, 0.1) is 6.92 Å². The highest BCUT2D eigenvalue weighted by Crippen LogP contribution is 2.31. The Morgan fingerprint density at radius 3 is 2.39 bits per heavy atom. The minimum atomic E-state index is -3.70. The van der Waals surface area contributed by atoms with Crippen molar-refractivity contribution in [1.82, 2.24) is 4.31 Å². The van der Waals surface area contributed by atoms with Crippen molar-refractivity contribution in [2.45, 2.75) is 11.8 Å². The molecule has 2 fully saturated rings. The number of ether oxygens (including phenoxy) is 3. The fraction of sp³-hybridized carbons (Fsp3) is 0.435. The third kappa shape index (κ3) is 5.83. The maximum absolute atomic E-state index is 13.2. The van der Waals surface area contributed by atoms with E-state index in [1.54, 1.807) is 18.2 Å². The zero-order chi connectivity index (χ0) is 23.3. The molecule has 0 atom stereocenters. The summed E-state index contributed by atoms with van der Waals surface area (Å²) in [6.45, 7) is 5.54. The number of benzene rings is 2. The average molecular weight is 476 g/mol. The van der Waals surface area contributed by atoms with Crippen molar-refractivity contribution in [2.75, 3.05) is 69.4 Å². The number of sulfonamides is 1. The van der Waals surface area contributed by atoms with Crippen LogP contribution in [0.4, 0.5) is 11.4 Å². The number of hydrogen-bond donors (Lipinski definition) is 1. The Kier molecular flexibility index (Phi) is 7.49. The Morgan fingerprint density at radius 1 is 1.00 bits per heavy atom. The zero-order valence-electron chi connectivity index (χ0n) is 18.7. The van der Waals surface area contributed by atoms with Crippen LogP contribution in [-0.4, -0.2) is 77.8 Å². The molecule has 0 spiro atoms. The monoisotopic (exact) mass is 475 g/mol. The van der Waals surface area contributed by atoms with E-state index in [1.807, 2.05) is 25.1 Å². The topological polar surface area (TPSA) is 97.4 Å². The van der Waals surface area contributed by atoms with Gasteiger partial charge in [0.05, 0.1) is 42.7 Å². The number of carbonyl (C=O) groups is 1. The van der Waals surface area contributed by atoms with Crippen molar-refractivity contribution in [2.24, 2.45) is 0 Å². The van der Waals surface area contributed by atoms with Crippen molar-refractivity contribution in [3.63, 3.8) is 0 Å². The Balaban J connectivity index is 1.56. The van der Waals surface area contributed by atoms with E-state index in [4.69, 9.17) is 14.2 Å². The fourth-order valence-electron chi connectivity index (χ4n) is 3.83. The third-order valence-corrected chi connectivity index (χ3v) is 7.46. The highest BCUT2D eigenvalue weighted by atomic mass is 32.2. The summed E-state index contributed by atoms with van der Waals surface area (Å²) in [6, 6.07) is 12.3. The van der Waals surface area contributed by atoms with Gasteiger partial charge >= 0.3 is 0 Å². The average Bonchev–Trinajstić information content (AvgIpc) is 2.84. The molecule has 2 saturated heterocycles. The van der Waals surface area contributed by atoms with E-state index >= 15 is 0 Å². The van der Waals surface area contributed by atoms with Crippen molar-refractivity contribution >= 4 is 27.3 Å². The molecule has 2 aliphatic heterocycles. The lowest BCUT2D eigenvalue weighted by Gasteiger charge is -2.31. The molecule has 0 aromatic heterocycles. The quantitative estimate of drug-likeness (QED) is 0.653. The number of aryl methyl sites for hydroxylation is 1. The minimum absolute atomic E-state index is 0.135. The van der Waals surface area contributed by atoms with Crippen LogP contribution in [0.25, 0.3) is 0 Å².